The van der Waals surface area contributed by atoms with Gasteiger partial charge in [0.25, 0.3) is 5.91 Å². The third-order valence-corrected chi connectivity index (χ3v) is 3.78. The lowest BCUT2D eigenvalue weighted by Gasteiger charge is -2.35. The van der Waals surface area contributed by atoms with E-state index in [-0.39, 0.29) is 11.8 Å². The molecule has 0 aliphatic carbocycles. The van der Waals surface area contributed by atoms with Crippen molar-refractivity contribution in [3.05, 3.63) is 30.2 Å². The molecule has 7 heteroatoms. The average molecular weight is 301 g/mol. The number of fused-ring (bicyclic) bond motifs is 1. The minimum atomic E-state index is -0.435. The quantitative estimate of drug-likeness (QED) is 0.906. The number of carbonyl (C=O) groups excluding carboxylic acids is 2. The van der Waals surface area contributed by atoms with Crippen molar-refractivity contribution in [2.24, 2.45) is 5.92 Å². The first-order valence-corrected chi connectivity index (χ1v) is 7.45. The number of aromatic nitrogens is 3. The zero-order valence-corrected chi connectivity index (χ0v) is 12.7. The van der Waals surface area contributed by atoms with Gasteiger partial charge in [0, 0.05) is 19.3 Å². The minimum absolute atomic E-state index is 0.0879. The number of piperazine rings is 1. The second kappa shape index (κ2) is 5.75. The lowest BCUT2D eigenvalue weighted by atomic mass is 10.00. The summed E-state index contributed by atoms with van der Waals surface area (Å²) in [4.78, 5) is 30.8. The first kappa shape index (κ1) is 14.5. The first-order valence-electron chi connectivity index (χ1n) is 7.45. The molecule has 1 aliphatic heterocycles. The molecule has 2 amide bonds. The van der Waals surface area contributed by atoms with Gasteiger partial charge in [-0.05, 0) is 24.5 Å². The van der Waals surface area contributed by atoms with E-state index in [1.54, 1.807) is 23.2 Å². The Bertz CT molecular complexity index is 709. The number of imidazole rings is 1. The molecule has 3 rings (SSSR count). The van der Waals surface area contributed by atoms with Crippen molar-refractivity contribution in [1.29, 1.82) is 0 Å². The van der Waals surface area contributed by atoms with Crippen molar-refractivity contribution in [3.63, 3.8) is 0 Å². The van der Waals surface area contributed by atoms with E-state index in [9.17, 15) is 9.59 Å². The molecule has 7 nitrogen and oxygen atoms in total. The fraction of sp³-hybridized carbons (Fsp3) is 0.467. The maximum absolute atomic E-state index is 12.9. The van der Waals surface area contributed by atoms with Crippen LogP contribution in [0.2, 0.25) is 0 Å². The molecule has 0 radical (unpaired) electrons. The van der Waals surface area contributed by atoms with E-state index >= 15 is 0 Å². The molecule has 0 saturated carbocycles. The van der Waals surface area contributed by atoms with Crippen molar-refractivity contribution in [3.8, 4) is 0 Å². The summed E-state index contributed by atoms with van der Waals surface area (Å²) in [5.74, 6) is 0.0336. The number of nitrogens with one attached hydrogen (secondary N) is 1. The molecular formula is C15H19N5O2. The monoisotopic (exact) mass is 301 g/mol. The highest BCUT2D eigenvalue weighted by Gasteiger charge is 2.35. The van der Waals surface area contributed by atoms with E-state index in [1.165, 1.54) is 10.7 Å². The molecule has 2 aromatic heterocycles. The molecule has 1 atom stereocenters. The van der Waals surface area contributed by atoms with Crippen molar-refractivity contribution < 1.29 is 9.59 Å². The highest BCUT2D eigenvalue weighted by atomic mass is 16.2. The molecule has 22 heavy (non-hydrogen) atoms. The summed E-state index contributed by atoms with van der Waals surface area (Å²) >= 11 is 0. The summed E-state index contributed by atoms with van der Waals surface area (Å²) in [5.41, 5.74) is 1.01. The largest absolute Gasteiger partial charge is 0.353 e. The standard InChI is InChI=1S/C15H19N5O2/c1-10(2)8-11-14(21)16-6-7-19(11)15(22)12-9-17-13-4-3-5-18-20(12)13/h3-5,9-11H,6-8H2,1-2H3,(H,16,21)/t11-/m1/s1. The summed E-state index contributed by atoms with van der Waals surface area (Å²) in [5, 5.41) is 7.00. The molecule has 116 valence electrons. The first-order chi connectivity index (χ1) is 10.6. The summed E-state index contributed by atoms with van der Waals surface area (Å²) < 4.78 is 1.52. The van der Waals surface area contributed by atoms with Crippen LogP contribution in [-0.4, -0.2) is 50.4 Å². The zero-order chi connectivity index (χ0) is 15.7. The van der Waals surface area contributed by atoms with Gasteiger partial charge in [-0.1, -0.05) is 13.8 Å². The van der Waals surface area contributed by atoms with Crippen LogP contribution < -0.4 is 5.32 Å². The summed E-state index contributed by atoms with van der Waals surface area (Å²) in [6.45, 7) is 5.06. The smallest absolute Gasteiger partial charge is 0.274 e. The Labute approximate surface area is 128 Å². The summed E-state index contributed by atoms with van der Waals surface area (Å²) in [7, 11) is 0. The van der Waals surface area contributed by atoms with E-state index in [0.717, 1.165) is 0 Å². The Hall–Kier alpha value is -2.44. The number of amides is 2. The van der Waals surface area contributed by atoms with Crippen LogP contribution in [0.25, 0.3) is 5.65 Å². The molecule has 1 saturated heterocycles. The van der Waals surface area contributed by atoms with E-state index in [0.29, 0.717) is 36.8 Å². The molecule has 0 spiro atoms. The van der Waals surface area contributed by atoms with E-state index < -0.39 is 6.04 Å². The van der Waals surface area contributed by atoms with Gasteiger partial charge in [-0.3, -0.25) is 9.59 Å². The van der Waals surface area contributed by atoms with Gasteiger partial charge < -0.3 is 10.2 Å². The van der Waals surface area contributed by atoms with Gasteiger partial charge in [-0.2, -0.15) is 5.10 Å². The fourth-order valence-corrected chi connectivity index (χ4v) is 2.76. The molecule has 1 N–H and O–H groups in total. The Morgan fingerprint density at radius 3 is 3.09 bits per heavy atom. The predicted molar refractivity (Wildman–Crippen MR) is 80.3 cm³/mol. The highest BCUT2D eigenvalue weighted by molar-refractivity contribution is 5.97. The van der Waals surface area contributed by atoms with Gasteiger partial charge in [0.2, 0.25) is 5.91 Å². The topological polar surface area (TPSA) is 79.6 Å². The van der Waals surface area contributed by atoms with Gasteiger partial charge in [-0.25, -0.2) is 9.50 Å². The molecule has 1 aliphatic rings. The van der Waals surface area contributed by atoms with Crippen molar-refractivity contribution >= 4 is 17.5 Å². The summed E-state index contributed by atoms with van der Waals surface area (Å²) in [6.07, 6.45) is 3.77. The van der Waals surface area contributed by atoms with Gasteiger partial charge in [-0.15, -0.1) is 0 Å². The maximum Gasteiger partial charge on any atom is 0.274 e. The van der Waals surface area contributed by atoms with Crippen LogP contribution in [0.1, 0.15) is 30.8 Å². The minimum Gasteiger partial charge on any atom is -0.353 e. The van der Waals surface area contributed by atoms with Crippen LogP contribution in [0, 0.1) is 5.92 Å². The lowest BCUT2D eigenvalue weighted by molar-refractivity contribution is -0.128. The molecule has 0 aromatic carbocycles. The van der Waals surface area contributed by atoms with Gasteiger partial charge in [0.1, 0.15) is 6.04 Å². The fourth-order valence-electron chi connectivity index (χ4n) is 2.76. The number of nitrogens with zero attached hydrogens (tertiary/aromatic N) is 4. The maximum atomic E-state index is 12.9. The van der Waals surface area contributed by atoms with Crippen LogP contribution in [0.4, 0.5) is 0 Å². The normalized spacial score (nSPS) is 18.8. The molecule has 1 fully saturated rings. The van der Waals surface area contributed by atoms with Crippen LogP contribution in [0.15, 0.2) is 24.5 Å². The number of hydrogen-bond donors (Lipinski definition) is 1. The van der Waals surface area contributed by atoms with Crippen molar-refractivity contribution in [2.45, 2.75) is 26.3 Å². The molecule has 0 unspecified atom stereocenters. The molecule has 2 aromatic rings. The van der Waals surface area contributed by atoms with E-state index in [1.807, 2.05) is 13.8 Å². The third kappa shape index (κ3) is 2.54. The van der Waals surface area contributed by atoms with Gasteiger partial charge in [0.05, 0.1) is 6.20 Å². The highest BCUT2D eigenvalue weighted by Crippen LogP contribution is 2.18. The van der Waals surface area contributed by atoms with Crippen LogP contribution in [0.5, 0.6) is 0 Å². The van der Waals surface area contributed by atoms with Gasteiger partial charge in [0.15, 0.2) is 11.3 Å². The SMILES string of the molecule is CC(C)C[C@@H]1C(=O)NCCN1C(=O)c1cnc2cccnn12. The van der Waals surface area contributed by atoms with Crippen LogP contribution >= 0.6 is 0 Å². The second-order valence-corrected chi connectivity index (χ2v) is 5.87. The lowest BCUT2D eigenvalue weighted by Crippen LogP contribution is -2.57. The second-order valence-electron chi connectivity index (χ2n) is 5.87. The van der Waals surface area contributed by atoms with Crippen LogP contribution in [-0.2, 0) is 4.79 Å². The number of carbonyl (C=O) groups is 2. The molecular weight excluding hydrogens is 282 g/mol. The summed E-state index contributed by atoms with van der Waals surface area (Å²) in [6, 6.07) is 3.13. The predicted octanol–water partition coefficient (Wildman–Crippen LogP) is 0.716. The van der Waals surface area contributed by atoms with Crippen molar-refractivity contribution in [1.82, 2.24) is 24.8 Å². The average Bonchev–Trinajstić information content (AvgIpc) is 2.92. The van der Waals surface area contributed by atoms with Gasteiger partial charge >= 0.3 is 0 Å². The van der Waals surface area contributed by atoms with E-state index in [4.69, 9.17) is 0 Å². The van der Waals surface area contributed by atoms with E-state index in [2.05, 4.69) is 15.4 Å². The molecule has 3 heterocycles. The Morgan fingerprint density at radius 2 is 2.32 bits per heavy atom. The Morgan fingerprint density at radius 1 is 1.50 bits per heavy atom. The zero-order valence-electron chi connectivity index (χ0n) is 12.7. The Balaban J connectivity index is 1.93. The van der Waals surface area contributed by atoms with Crippen LogP contribution in [0.3, 0.4) is 0 Å². The number of hydrogen-bond acceptors (Lipinski definition) is 4. The van der Waals surface area contributed by atoms with Crippen molar-refractivity contribution in [2.75, 3.05) is 13.1 Å². The number of rotatable bonds is 3. The third-order valence-electron chi connectivity index (χ3n) is 3.78. The molecule has 0 bridgehead atoms. The Kier molecular flexibility index (Phi) is 3.79.